The molecule has 0 amide bonds. The van der Waals surface area contributed by atoms with E-state index in [1.807, 2.05) is 0 Å². The van der Waals surface area contributed by atoms with Crippen LogP contribution in [0.2, 0.25) is 0 Å². The molecule has 1 aromatic heterocycles. The largest absolute Gasteiger partial charge is 0.613 e. The fraction of sp³-hybridized carbons (Fsp3) is 0.300. The summed E-state index contributed by atoms with van der Waals surface area (Å²) in [5.41, 5.74) is 0.628. The van der Waals surface area contributed by atoms with Gasteiger partial charge in [0, 0.05) is 6.07 Å². The second-order valence-electron chi connectivity index (χ2n) is 3.04. The summed E-state index contributed by atoms with van der Waals surface area (Å²) in [5.74, 6) is 0.930. The van der Waals surface area contributed by atoms with E-state index in [9.17, 15) is 5.21 Å². The zero-order chi connectivity index (χ0) is 11.7. The van der Waals surface area contributed by atoms with Crippen molar-refractivity contribution in [3.05, 3.63) is 17.3 Å². The van der Waals surface area contributed by atoms with Crippen LogP contribution in [0.25, 0.3) is 11.1 Å². The highest BCUT2D eigenvalue weighted by atomic mass is 16.6. The fourth-order valence-corrected chi connectivity index (χ4v) is 1.44. The number of hydrogen-bond donors (Lipinski definition) is 0. The third-order valence-electron chi connectivity index (χ3n) is 2.21. The normalized spacial score (nSPS) is 10.4. The van der Waals surface area contributed by atoms with Gasteiger partial charge in [-0.25, -0.2) is 0 Å². The maximum Gasteiger partial charge on any atom is 0.573 e. The van der Waals surface area contributed by atoms with Gasteiger partial charge in [-0.15, -0.1) is 0 Å². The molecule has 0 unspecified atom stereocenters. The van der Waals surface area contributed by atoms with Crippen LogP contribution < -0.4 is 18.9 Å². The number of rotatable bonds is 3. The molecule has 0 aliphatic heterocycles. The first-order valence-corrected chi connectivity index (χ1v) is 4.53. The summed E-state index contributed by atoms with van der Waals surface area (Å²) in [6, 6.07) is 3.18. The molecule has 16 heavy (non-hydrogen) atoms. The molecule has 6 heteroatoms. The molecule has 0 atom stereocenters. The van der Waals surface area contributed by atoms with E-state index in [4.69, 9.17) is 18.6 Å². The summed E-state index contributed by atoms with van der Waals surface area (Å²) in [6.45, 7) is 0. The summed E-state index contributed by atoms with van der Waals surface area (Å²) in [4.78, 5) is 0. The first-order chi connectivity index (χ1) is 7.71. The molecule has 86 valence electrons. The number of aromatic nitrogens is 1. The van der Waals surface area contributed by atoms with Gasteiger partial charge in [-0.3, -0.25) is 0 Å². The third kappa shape index (κ3) is 1.39. The molecule has 1 aromatic carbocycles. The molecule has 0 saturated carbocycles. The zero-order valence-electron chi connectivity index (χ0n) is 9.14. The Labute approximate surface area is 91.5 Å². The van der Waals surface area contributed by atoms with E-state index in [-0.39, 0.29) is 6.08 Å². The van der Waals surface area contributed by atoms with Gasteiger partial charge in [0.15, 0.2) is 5.75 Å². The number of benzene rings is 1. The average Bonchev–Trinajstić information content (AvgIpc) is 2.65. The van der Waals surface area contributed by atoms with Gasteiger partial charge in [-0.2, -0.15) is 0 Å². The van der Waals surface area contributed by atoms with Crippen LogP contribution >= 0.6 is 0 Å². The first-order valence-electron chi connectivity index (χ1n) is 4.53. The van der Waals surface area contributed by atoms with Crippen LogP contribution in [0.15, 0.2) is 16.5 Å². The summed E-state index contributed by atoms with van der Waals surface area (Å²) in [7, 11) is 4.35. The van der Waals surface area contributed by atoms with Gasteiger partial charge in [0.05, 0.1) is 27.4 Å². The van der Waals surface area contributed by atoms with E-state index < -0.39 is 0 Å². The molecule has 0 radical (unpaired) electrons. The highest BCUT2D eigenvalue weighted by Crippen LogP contribution is 2.32. The fourth-order valence-electron chi connectivity index (χ4n) is 1.44. The Kier molecular flexibility index (Phi) is 2.47. The van der Waals surface area contributed by atoms with Crippen molar-refractivity contribution < 1.29 is 23.4 Å². The molecule has 0 spiro atoms. The molecule has 2 aromatic rings. The van der Waals surface area contributed by atoms with E-state index in [0.29, 0.717) is 27.3 Å². The van der Waals surface area contributed by atoms with Crippen molar-refractivity contribution >= 4 is 11.1 Å². The van der Waals surface area contributed by atoms with Gasteiger partial charge in [-0.1, -0.05) is 4.73 Å². The SMILES string of the molecule is COc1cc(OC)c2oc(OC)[n+]([O-])c2c1. The number of nitrogens with zero attached hydrogens (tertiary/aromatic N) is 1. The molecule has 0 fully saturated rings. The first kappa shape index (κ1) is 10.4. The molecule has 2 rings (SSSR count). The van der Waals surface area contributed by atoms with Crippen LogP contribution in [0, 0.1) is 5.21 Å². The lowest BCUT2D eigenvalue weighted by Crippen LogP contribution is -2.25. The number of ether oxygens (including phenoxy) is 3. The molecular weight excluding hydrogens is 214 g/mol. The number of oxazole rings is 1. The van der Waals surface area contributed by atoms with Crippen molar-refractivity contribution in [2.75, 3.05) is 21.3 Å². The standard InChI is InChI=1S/C10H11NO5/c1-13-6-4-7-9(8(5-6)14-2)16-10(15-3)11(7)12/h4-5H,1-3H3. The van der Waals surface area contributed by atoms with Crippen LogP contribution in [0.5, 0.6) is 17.6 Å². The van der Waals surface area contributed by atoms with Gasteiger partial charge in [0.1, 0.15) is 5.75 Å². The summed E-state index contributed by atoms with van der Waals surface area (Å²) in [5, 5.41) is 11.7. The summed E-state index contributed by atoms with van der Waals surface area (Å²) in [6.07, 6.45) is -0.137. The van der Waals surface area contributed by atoms with Gasteiger partial charge < -0.3 is 23.8 Å². The van der Waals surface area contributed by atoms with Gasteiger partial charge in [0.25, 0.3) is 11.1 Å². The molecule has 6 nitrogen and oxygen atoms in total. The van der Waals surface area contributed by atoms with Crippen LogP contribution in [-0.2, 0) is 0 Å². The van der Waals surface area contributed by atoms with Crippen molar-refractivity contribution in [3.8, 4) is 17.6 Å². The average molecular weight is 225 g/mol. The topological polar surface area (TPSA) is 67.8 Å². The quantitative estimate of drug-likeness (QED) is 0.577. The van der Waals surface area contributed by atoms with Gasteiger partial charge >= 0.3 is 6.08 Å². The monoisotopic (exact) mass is 225 g/mol. The number of hydrogen-bond acceptors (Lipinski definition) is 5. The van der Waals surface area contributed by atoms with Crippen molar-refractivity contribution in [3.63, 3.8) is 0 Å². The van der Waals surface area contributed by atoms with E-state index in [1.165, 1.54) is 21.3 Å². The third-order valence-corrected chi connectivity index (χ3v) is 2.21. The Morgan fingerprint density at radius 2 is 1.88 bits per heavy atom. The van der Waals surface area contributed by atoms with Crippen molar-refractivity contribution in [1.29, 1.82) is 0 Å². The zero-order valence-corrected chi connectivity index (χ0v) is 9.14. The molecule has 0 aliphatic carbocycles. The number of fused-ring (bicyclic) bond motifs is 1. The van der Waals surface area contributed by atoms with Crippen LogP contribution in [0.3, 0.4) is 0 Å². The maximum absolute atomic E-state index is 11.7. The maximum atomic E-state index is 11.7. The van der Waals surface area contributed by atoms with Gasteiger partial charge in [-0.05, 0) is 0 Å². The lowest BCUT2D eigenvalue weighted by Gasteiger charge is -2.02. The second-order valence-corrected chi connectivity index (χ2v) is 3.04. The molecule has 0 aliphatic rings. The predicted octanol–water partition coefficient (Wildman–Crippen LogP) is 1.09. The highest BCUT2D eigenvalue weighted by Gasteiger charge is 2.23. The molecule has 0 N–H and O–H groups in total. The van der Waals surface area contributed by atoms with Crippen LogP contribution in [-0.4, -0.2) is 21.3 Å². The lowest BCUT2D eigenvalue weighted by molar-refractivity contribution is -0.591. The smallest absolute Gasteiger partial charge is 0.573 e. The summed E-state index contributed by atoms with van der Waals surface area (Å²) < 4.78 is 20.7. The Hall–Kier alpha value is -2.11. The van der Waals surface area contributed by atoms with E-state index in [2.05, 4.69) is 0 Å². The van der Waals surface area contributed by atoms with E-state index >= 15 is 0 Å². The minimum atomic E-state index is -0.137. The highest BCUT2D eigenvalue weighted by molar-refractivity contribution is 5.79. The Bertz CT molecular complexity index is 519. The number of methoxy groups -OCH3 is 3. The predicted molar refractivity (Wildman–Crippen MR) is 54.8 cm³/mol. The van der Waals surface area contributed by atoms with Gasteiger partial charge in [0.2, 0.25) is 0 Å². The molecule has 0 saturated heterocycles. The lowest BCUT2D eigenvalue weighted by atomic mass is 10.3. The molecular formula is C10H11NO5. The van der Waals surface area contributed by atoms with E-state index in [0.717, 1.165) is 0 Å². The minimum absolute atomic E-state index is 0.137. The second kappa shape index (κ2) is 3.80. The van der Waals surface area contributed by atoms with Crippen molar-refractivity contribution in [1.82, 2.24) is 0 Å². The Morgan fingerprint density at radius 3 is 2.44 bits per heavy atom. The van der Waals surface area contributed by atoms with Crippen LogP contribution in [0.4, 0.5) is 0 Å². The van der Waals surface area contributed by atoms with Crippen molar-refractivity contribution in [2.45, 2.75) is 0 Å². The van der Waals surface area contributed by atoms with Crippen LogP contribution in [0.1, 0.15) is 0 Å². The Morgan fingerprint density at radius 1 is 1.12 bits per heavy atom. The summed E-state index contributed by atoms with van der Waals surface area (Å²) >= 11 is 0. The molecule has 0 bridgehead atoms. The van der Waals surface area contributed by atoms with Crippen molar-refractivity contribution in [2.24, 2.45) is 0 Å². The molecule has 1 heterocycles. The van der Waals surface area contributed by atoms with E-state index in [1.54, 1.807) is 12.1 Å². The minimum Gasteiger partial charge on any atom is -0.613 e. The Balaban J connectivity index is 2.76.